The molecule has 100 valence electrons. The molecular formula is C16H24ClN. The Hall–Kier alpha value is -0.530. The standard InChI is InChI=1S/C16H24ClN/c1-13(2)18-11-5-3-4-6-16(18)12-14-7-9-15(17)10-8-14/h7-10,13,16H,3-6,11-12H2,1-2H3. The van der Waals surface area contributed by atoms with E-state index in [1.165, 1.54) is 37.8 Å². The summed E-state index contributed by atoms with van der Waals surface area (Å²) in [6.45, 7) is 5.90. The Kier molecular flexibility index (Phi) is 5.08. The summed E-state index contributed by atoms with van der Waals surface area (Å²) >= 11 is 5.95. The lowest BCUT2D eigenvalue weighted by molar-refractivity contribution is 0.155. The van der Waals surface area contributed by atoms with Gasteiger partial charge >= 0.3 is 0 Å². The van der Waals surface area contributed by atoms with Gasteiger partial charge in [-0.2, -0.15) is 0 Å². The molecule has 1 fully saturated rings. The van der Waals surface area contributed by atoms with E-state index in [1.54, 1.807) is 0 Å². The molecule has 2 rings (SSSR count). The molecule has 1 aromatic carbocycles. The number of rotatable bonds is 3. The average molecular weight is 266 g/mol. The normalized spacial score (nSPS) is 22.1. The minimum Gasteiger partial charge on any atom is -0.298 e. The van der Waals surface area contributed by atoms with E-state index in [-0.39, 0.29) is 0 Å². The van der Waals surface area contributed by atoms with Crippen LogP contribution in [0, 0.1) is 0 Å². The van der Waals surface area contributed by atoms with Crippen LogP contribution in [0.1, 0.15) is 45.1 Å². The highest BCUT2D eigenvalue weighted by Crippen LogP contribution is 2.23. The Morgan fingerprint density at radius 2 is 1.89 bits per heavy atom. The fourth-order valence-corrected chi connectivity index (χ4v) is 3.12. The summed E-state index contributed by atoms with van der Waals surface area (Å²) < 4.78 is 0. The number of hydrogen-bond donors (Lipinski definition) is 0. The lowest BCUT2D eigenvalue weighted by Gasteiger charge is -2.33. The van der Waals surface area contributed by atoms with Crippen molar-refractivity contribution in [2.24, 2.45) is 0 Å². The molecule has 0 amide bonds. The molecule has 0 aromatic heterocycles. The predicted octanol–water partition coefficient (Wildman–Crippen LogP) is 4.54. The van der Waals surface area contributed by atoms with E-state index >= 15 is 0 Å². The molecule has 0 aliphatic carbocycles. The molecular weight excluding hydrogens is 242 g/mol. The molecule has 0 spiro atoms. The molecule has 18 heavy (non-hydrogen) atoms. The summed E-state index contributed by atoms with van der Waals surface area (Å²) in [5, 5.41) is 0.834. The van der Waals surface area contributed by atoms with E-state index < -0.39 is 0 Å². The van der Waals surface area contributed by atoms with E-state index in [0.717, 1.165) is 11.4 Å². The molecule has 0 N–H and O–H groups in total. The molecule has 0 bridgehead atoms. The second kappa shape index (κ2) is 6.58. The van der Waals surface area contributed by atoms with Gasteiger partial charge in [0.15, 0.2) is 0 Å². The van der Waals surface area contributed by atoms with Crippen LogP contribution in [0.5, 0.6) is 0 Å². The Labute approximate surface area is 116 Å². The van der Waals surface area contributed by atoms with Crippen LogP contribution in [-0.4, -0.2) is 23.5 Å². The van der Waals surface area contributed by atoms with Crippen LogP contribution in [0.4, 0.5) is 0 Å². The second-order valence-corrected chi connectivity index (χ2v) is 6.10. The van der Waals surface area contributed by atoms with Crippen LogP contribution in [0.3, 0.4) is 0 Å². The van der Waals surface area contributed by atoms with Gasteiger partial charge in [0, 0.05) is 17.1 Å². The molecule has 1 nitrogen and oxygen atoms in total. The summed E-state index contributed by atoms with van der Waals surface area (Å²) in [7, 11) is 0. The topological polar surface area (TPSA) is 3.24 Å². The van der Waals surface area contributed by atoms with Crippen LogP contribution < -0.4 is 0 Å². The summed E-state index contributed by atoms with van der Waals surface area (Å²) in [6, 6.07) is 9.71. The zero-order chi connectivity index (χ0) is 13.0. The molecule has 1 aliphatic heterocycles. The fraction of sp³-hybridized carbons (Fsp3) is 0.625. The maximum Gasteiger partial charge on any atom is 0.0406 e. The van der Waals surface area contributed by atoms with Gasteiger partial charge in [-0.1, -0.05) is 36.6 Å². The van der Waals surface area contributed by atoms with E-state index in [2.05, 4.69) is 30.9 Å². The van der Waals surface area contributed by atoms with Crippen LogP contribution in [-0.2, 0) is 6.42 Å². The number of benzene rings is 1. The van der Waals surface area contributed by atoms with Crippen LogP contribution in [0.15, 0.2) is 24.3 Å². The van der Waals surface area contributed by atoms with Gasteiger partial charge in [0.1, 0.15) is 0 Å². The van der Waals surface area contributed by atoms with Gasteiger partial charge in [-0.25, -0.2) is 0 Å². The maximum absolute atomic E-state index is 5.95. The molecule has 0 saturated carbocycles. The van der Waals surface area contributed by atoms with Crippen molar-refractivity contribution in [3.8, 4) is 0 Å². The molecule has 2 heteroatoms. The minimum atomic E-state index is 0.653. The number of likely N-dealkylation sites (tertiary alicyclic amines) is 1. The van der Waals surface area contributed by atoms with Gasteiger partial charge in [-0.15, -0.1) is 0 Å². The molecule has 1 atom stereocenters. The van der Waals surface area contributed by atoms with E-state index in [9.17, 15) is 0 Å². The Bertz CT molecular complexity index is 358. The monoisotopic (exact) mass is 265 g/mol. The summed E-state index contributed by atoms with van der Waals surface area (Å²) in [5.74, 6) is 0. The van der Waals surface area contributed by atoms with E-state index in [1.807, 2.05) is 12.1 Å². The molecule has 1 heterocycles. The first kappa shape index (κ1) is 13.9. The largest absolute Gasteiger partial charge is 0.298 e. The Balaban J connectivity index is 2.06. The molecule has 1 aliphatic rings. The third-order valence-electron chi connectivity index (χ3n) is 3.97. The average Bonchev–Trinajstić information content (AvgIpc) is 2.57. The third kappa shape index (κ3) is 3.73. The second-order valence-electron chi connectivity index (χ2n) is 5.67. The summed E-state index contributed by atoms with van der Waals surface area (Å²) in [6.07, 6.45) is 6.62. The zero-order valence-corrected chi connectivity index (χ0v) is 12.3. The lowest BCUT2D eigenvalue weighted by atomic mass is 10.00. The zero-order valence-electron chi connectivity index (χ0n) is 11.5. The molecule has 1 saturated heterocycles. The number of hydrogen-bond acceptors (Lipinski definition) is 1. The highest BCUT2D eigenvalue weighted by molar-refractivity contribution is 6.30. The molecule has 0 radical (unpaired) electrons. The van der Waals surface area contributed by atoms with Crippen molar-refractivity contribution in [2.45, 2.75) is 58.0 Å². The Morgan fingerprint density at radius 3 is 2.56 bits per heavy atom. The van der Waals surface area contributed by atoms with Crippen molar-refractivity contribution in [1.82, 2.24) is 4.90 Å². The van der Waals surface area contributed by atoms with Crippen molar-refractivity contribution >= 4 is 11.6 Å². The maximum atomic E-state index is 5.95. The Morgan fingerprint density at radius 1 is 1.17 bits per heavy atom. The quantitative estimate of drug-likeness (QED) is 0.776. The first-order valence-electron chi connectivity index (χ1n) is 7.17. The molecule has 1 unspecified atom stereocenters. The van der Waals surface area contributed by atoms with Crippen LogP contribution in [0.25, 0.3) is 0 Å². The van der Waals surface area contributed by atoms with Gasteiger partial charge in [0.2, 0.25) is 0 Å². The summed E-state index contributed by atoms with van der Waals surface area (Å²) in [5.41, 5.74) is 1.41. The molecule has 1 aromatic rings. The number of nitrogens with zero attached hydrogens (tertiary/aromatic N) is 1. The number of halogens is 1. The van der Waals surface area contributed by atoms with Gasteiger partial charge in [0.25, 0.3) is 0 Å². The third-order valence-corrected chi connectivity index (χ3v) is 4.22. The van der Waals surface area contributed by atoms with Crippen molar-refractivity contribution in [3.05, 3.63) is 34.9 Å². The van der Waals surface area contributed by atoms with Crippen molar-refractivity contribution < 1.29 is 0 Å². The fourth-order valence-electron chi connectivity index (χ4n) is 2.99. The van der Waals surface area contributed by atoms with Crippen LogP contribution >= 0.6 is 11.6 Å². The first-order valence-corrected chi connectivity index (χ1v) is 7.55. The van der Waals surface area contributed by atoms with Gasteiger partial charge in [0.05, 0.1) is 0 Å². The first-order chi connectivity index (χ1) is 8.66. The SMILES string of the molecule is CC(C)N1CCCCCC1Cc1ccc(Cl)cc1. The van der Waals surface area contributed by atoms with Gasteiger partial charge in [-0.05, 0) is 57.4 Å². The van der Waals surface area contributed by atoms with Gasteiger partial charge in [-0.3, -0.25) is 4.90 Å². The predicted molar refractivity (Wildman–Crippen MR) is 79.3 cm³/mol. The highest BCUT2D eigenvalue weighted by atomic mass is 35.5. The van der Waals surface area contributed by atoms with Gasteiger partial charge < -0.3 is 0 Å². The van der Waals surface area contributed by atoms with Crippen molar-refractivity contribution in [1.29, 1.82) is 0 Å². The highest BCUT2D eigenvalue weighted by Gasteiger charge is 2.23. The smallest absolute Gasteiger partial charge is 0.0406 e. The van der Waals surface area contributed by atoms with E-state index in [4.69, 9.17) is 11.6 Å². The summed E-state index contributed by atoms with van der Waals surface area (Å²) in [4.78, 5) is 2.68. The van der Waals surface area contributed by atoms with E-state index in [0.29, 0.717) is 12.1 Å². The lowest BCUT2D eigenvalue weighted by Crippen LogP contribution is -2.41. The van der Waals surface area contributed by atoms with Crippen LogP contribution in [0.2, 0.25) is 5.02 Å². The van der Waals surface area contributed by atoms with Crippen molar-refractivity contribution in [3.63, 3.8) is 0 Å². The minimum absolute atomic E-state index is 0.653. The van der Waals surface area contributed by atoms with Crippen molar-refractivity contribution in [2.75, 3.05) is 6.54 Å².